The molecule has 1 N–H and O–H groups in total. The van der Waals surface area contributed by atoms with Crippen molar-refractivity contribution in [1.29, 1.82) is 0 Å². The Hall–Kier alpha value is -2.95. The molecule has 0 spiro atoms. The van der Waals surface area contributed by atoms with E-state index in [9.17, 15) is 4.79 Å². The lowest BCUT2D eigenvalue weighted by molar-refractivity contribution is -0.111. The van der Waals surface area contributed by atoms with E-state index in [2.05, 4.69) is 29.3 Å². The number of anilines is 2. The summed E-state index contributed by atoms with van der Waals surface area (Å²) in [5, 5.41) is 2.93. The lowest BCUT2D eigenvalue weighted by atomic mass is 10.1. The molecular formula is C26H34N2O3. The van der Waals surface area contributed by atoms with Crippen LogP contribution in [0.25, 0.3) is 6.08 Å². The molecule has 2 aromatic carbocycles. The Labute approximate surface area is 186 Å². The van der Waals surface area contributed by atoms with Gasteiger partial charge in [0.15, 0.2) is 11.5 Å². The molecule has 1 aliphatic rings. The minimum Gasteiger partial charge on any atom is -0.490 e. The topological polar surface area (TPSA) is 50.8 Å². The van der Waals surface area contributed by atoms with E-state index in [0.29, 0.717) is 19.0 Å². The Kier molecular flexibility index (Phi) is 8.83. The van der Waals surface area contributed by atoms with Crippen molar-refractivity contribution in [3.63, 3.8) is 0 Å². The summed E-state index contributed by atoms with van der Waals surface area (Å²) in [5.41, 5.74) is 2.91. The second kappa shape index (κ2) is 12.0. The Balaban J connectivity index is 1.57. The van der Waals surface area contributed by atoms with Crippen LogP contribution >= 0.6 is 0 Å². The number of hydrogen-bond donors (Lipinski definition) is 1. The van der Waals surface area contributed by atoms with Crippen molar-refractivity contribution in [2.75, 3.05) is 36.5 Å². The Morgan fingerprint density at radius 1 is 1.00 bits per heavy atom. The first-order valence-electron chi connectivity index (χ1n) is 11.4. The van der Waals surface area contributed by atoms with Crippen molar-refractivity contribution >= 4 is 23.4 Å². The number of ether oxygens (including phenoxy) is 2. The highest BCUT2D eigenvalue weighted by molar-refractivity contribution is 6.02. The highest BCUT2D eigenvalue weighted by Crippen LogP contribution is 2.29. The Morgan fingerprint density at radius 3 is 2.48 bits per heavy atom. The van der Waals surface area contributed by atoms with Crippen molar-refractivity contribution in [2.45, 2.75) is 46.0 Å². The molecule has 0 atom stereocenters. The fourth-order valence-electron chi connectivity index (χ4n) is 3.61. The number of hydrogen-bond acceptors (Lipinski definition) is 4. The summed E-state index contributed by atoms with van der Waals surface area (Å²) in [7, 11) is 0. The van der Waals surface area contributed by atoms with E-state index < -0.39 is 0 Å². The summed E-state index contributed by atoms with van der Waals surface area (Å²) < 4.78 is 11.5. The quantitative estimate of drug-likeness (QED) is 0.382. The average molecular weight is 423 g/mol. The first-order chi connectivity index (χ1) is 15.2. The standard InChI is InChI=1S/C26H34N2O3/c1-3-5-19-31-24-15-9-21(20-25(24)30-4-2)10-16-26(29)27-22-11-13-23(14-12-22)28-17-7-6-8-18-28/h9-16,20H,3-8,17-19H2,1-2H3,(H,27,29)/b16-10+. The lowest BCUT2D eigenvalue weighted by Gasteiger charge is -2.28. The highest BCUT2D eigenvalue weighted by atomic mass is 16.5. The molecule has 1 amide bonds. The average Bonchev–Trinajstić information content (AvgIpc) is 2.80. The highest BCUT2D eigenvalue weighted by Gasteiger charge is 2.11. The third kappa shape index (κ3) is 7.06. The molecule has 0 aromatic heterocycles. The van der Waals surface area contributed by atoms with Gasteiger partial charge < -0.3 is 19.7 Å². The Morgan fingerprint density at radius 2 is 1.77 bits per heavy atom. The van der Waals surface area contributed by atoms with E-state index in [4.69, 9.17) is 9.47 Å². The number of carbonyl (C=O) groups excluding carboxylic acids is 1. The van der Waals surface area contributed by atoms with Gasteiger partial charge in [-0.15, -0.1) is 0 Å². The van der Waals surface area contributed by atoms with Crippen LogP contribution in [-0.4, -0.2) is 32.2 Å². The zero-order valence-electron chi connectivity index (χ0n) is 18.7. The summed E-state index contributed by atoms with van der Waals surface area (Å²) in [5.74, 6) is 1.28. The number of nitrogens with zero attached hydrogens (tertiary/aromatic N) is 1. The van der Waals surface area contributed by atoms with Crippen LogP contribution in [-0.2, 0) is 4.79 Å². The smallest absolute Gasteiger partial charge is 0.248 e. The predicted molar refractivity (Wildman–Crippen MR) is 128 cm³/mol. The predicted octanol–water partition coefficient (Wildman–Crippen LogP) is 5.91. The molecule has 31 heavy (non-hydrogen) atoms. The normalized spacial score (nSPS) is 13.9. The lowest BCUT2D eigenvalue weighted by Crippen LogP contribution is -2.29. The molecule has 0 radical (unpaired) electrons. The zero-order chi connectivity index (χ0) is 21.9. The van der Waals surface area contributed by atoms with Crippen molar-refractivity contribution in [3.05, 3.63) is 54.1 Å². The van der Waals surface area contributed by atoms with Gasteiger partial charge in [-0.25, -0.2) is 0 Å². The molecule has 1 saturated heterocycles. The van der Waals surface area contributed by atoms with Gasteiger partial charge in [0.2, 0.25) is 5.91 Å². The van der Waals surface area contributed by atoms with Gasteiger partial charge in [0, 0.05) is 30.5 Å². The van der Waals surface area contributed by atoms with Gasteiger partial charge in [-0.05, 0) is 80.6 Å². The van der Waals surface area contributed by atoms with E-state index in [1.807, 2.05) is 37.3 Å². The monoisotopic (exact) mass is 422 g/mol. The van der Waals surface area contributed by atoms with Crippen LogP contribution in [0.4, 0.5) is 11.4 Å². The molecule has 5 nitrogen and oxygen atoms in total. The molecule has 0 unspecified atom stereocenters. The summed E-state index contributed by atoms with van der Waals surface area (Å²) in [4.78, 5) is 14.8. The summed E-state index contributed by atoms with van der Waals surface area (Å²) >= 11 is 0. The fourth-order valence-corrected chi connectivity index (χ4v) is 3.61. The van der Waals surface area contributed by atoms with Gasteiger partial charge >= 0.3 is 0 Å². The van der Waals surface area contributed by atoms with Crippen LogP contribution in [0.3, 0.4) is 0 Å². The van der Waals surface area contributed by atoms with Gasteiger partial charge in [0.1, 0.15) is 0 Å². The van der Waals surface area contributed by atoms with Crippen LogP contribution in [0, 0.1) is 0 Å². The molecule has 3 rings (SSSR count). The maximum atomic E-state index is 12.4. The molecule has 1 heterocycles. The summed E-state index contributed by atoms with van der Waals surface area (Å²) in [6.07, 6.45) is 9.24. The van der Waals surface area contributed by atoms with Gasteiger partial charge in [-0.3, -0.25) is 4.79 Å². The number of rotatable bonds is 10. The minimum atomic E-state index is -0.160. The van der Waals surface area contributed by atoms with Crippen molar-refractivity contribution in [3.8, 4) is 11.5 Å². The van der Waals surface area contributed by atoms with Crippen molar-refractivity contribution < 1.29 is 14.3 Å². The van der Waals surface area contributed by atoms with Crippen LogP contribution in [0.2, 0.25) is 0 Å². The van der Waals surface area contributed by atoms with Gasteiger partial charge in [-0.1, -0.05) is 19.4 Å². The van der Waals surface area contributed by atoms with E-state index in [1.165, 1.54) is 24.9 Å². The molecule has 1 fully saturated rings. The minimum absolute atomic E-state index is 0.160. The summed E-state index contributed by atoms with van der Waals surface area (Å²) in [6.45, 7) is 7.54. The number of nitrogens with one attached hydrogen (secondary N) is 1. The maximum Gasteiger partial charge on any atom is 0.248 e. The molecule has 5 heteroatoms. The van der Waals surface area contributed by atoms with Crippen LogP contribution in [0.1, 0.15) is 51.5 Å². The number of carbonyl (C=O) groups is 1. The second-order valence-corrected chi connectivity index (χ2v) is 7.76. The Bertz CT molecular complexity index is 855. The number of amides is 1. The van der Waals surface area contributed by atoms with E-state index in [1.54, 1.807) is 12.2 Å². The number of unbranched alkanes of at least 4 members (excludes halogenated alkanes) is 1. The first-order valence-corrected chi connectivity index (χ1v) is 11.4. The van der Waals surface area contributed by atoms with Crippen LogP contribution in [0.15, 0.2) is 48.5 Å². The number of piperidine rings is 1. The SMILES string of the molecule is CCCCOc1ccc(/C=C/C(=O)Nc2ccc(N3CCCCC3)cc2)cc1OCC. The second-order valence-electron chi connectivity index (χ2n) is 7.76. The first kappa shape index (κ1) is 22.7. The van der Waals surface area contributed by atoms with Crippen molar-refractivity contribution in [2.24, 2.45) is 0 Å². The maximum absolute atomic E-state index is 12.4. The van der Waals surface area contributed by atoms with Crippen LogP contribution in [0.5, 0.6) is 11.5 Å². The van der Waals surface area contributed by atoms with Gasteiger partial charge in [-0.2, -0.15) is 0 Å². The molecule has 0 bridgehead atoms. The zero-order valence-corrected chi connectivity index (χ0v) is 18.7. The molecule has 1 aliphatic heterocycles. The third-order valence-electron chi connectivity index (χ3n) is 5.31. The van der Waals surface area contributed by atoms with E-state index in [-0.39, 0.29) is 5.91 Å². The van der Waals surface area contributed by atoms with Crippen molar-refractivity contribution in [1.82, 2.24) is 0 Å². The van der Waals surface area contributed by atoms with E-state index in [0.717, 1.165) is 42.9 Å². The van der Waals surface area contributed by atoms with Gasteiger partial charge in [0.05, 0.1) is 13.2 Å². The number of benzene rings is 2. The van der Waals surface area contributed by atoms with E-state index >= 15 is 0 Å². The molecule has 166 valence electrons. The van der Waals surface area contributed by atoms with Gasteiger partial charge in [0.25, 0.3) is 0 Å². The molecule has 2 aromatic rings. The molecular weight excluding hydrogens is 388 g/mol. The molecule has 0 aliphatic carbocycles. The third-order valence-corrected chi connectivity index (χ3v) is 5.31. The fraction of sp³-hybridized carbons (Fsp3) is 0.423. The summed E-state index contributed by atoms with van der Waals surface area (Å²) in [6, 6.07) is 13.8. The largest absolute Gasteiger partial charge is 0.490 e. The molecule has 0 saturated carbocycles. The van der Waals surface area contributed by atoms with Crippen LogP contribution < -0.4 is 19.7 Å².